The molecule has 0 aromatic rings. The van der Waals surface area contributed by atoms with Crippen LogP contribution in [0.2, 0.25) is 0 Å². The van der Waals surface area contributed by atoms with Gasteiger partial charge in [-0.3, -0.25) is 0 Å². The van der Waals surface area contributed by atoms with Crippen molar-refractivity contribution in [3.63, 3.8) is 0 Å². The zero-order valence-electron chi connectivity index (χ0n) is 4.37. The lowest BCUT2D eigenvalue weighted by molar-refractivity contribution is -0.137. The predicted molar refractivity (Wildman–Crippen MR) is 27.1 cm³/mol. The van der Waals surface area contributed by atoms with Gasteiger partial charge in [0, 0.05) is 12.4 Å². The second-order valence-electron chi connectivity index (χ2n) is 1.40. The van der Waals surface area contributed by atoms with Crippen molar-refractivity contribution in [2.45, 2.75) is 6.18 Å². The summed E-state index contributed by atoms with van der Waals surface area (Å²) in [6.07, 6.45) is -4.09. The van der Waals surface area contributed by atoms with Gasteiger partial charge in [0.05, 0.1) is 0 Å². The summed E-state index contributed by atoms with van der Waals surface area (Å²) in [7, 11) is 0. The van der Waals surface area contributed by atoms with E-state index in [4.69, 9.17) is 10.8 Å². The number of hydrogen-bond donors (Lipinski definition) is 2. The van der Waals surface area contributed by atoms with Gasteiger partial charge in [0.15, 0.2) is 0 Å². The van der Waals surface area contributed by atoms with Crippen molar-refractivity contribution in [1.82, 2.24) is 0 Å². The van der Waals surface area contributed by atoms with E-state index in [0.717, 1.165) is 0 Å². The normalized spacial score (nSPS) is 14.6. The van der Waals surface area contributed by atoms with Crippen molar-refractivity contribution in [1.29, 1.82) is 10.8 Å². The van der Waals surface area contributed by atoms with Gasteiger partial charge >= 0.3 is 6.18 Å². The molecule has 0 aliphatic carbocycles. The van der Waals surface area contributed by atoms with Crippen LogP contribution in [0, 0.1) is 16.7 Å². The van der Waals surface area contributed by atoms with Crippen molar-refractivity contribution < 1.29 is 13.2 Å². The van der Waals surface area contributed by atoms with Gasteiger partial charge in [-0.25, -0.2) is 0 Å². The van der Waals surface area contributed by atoms with Crippen LogP contribution in [0.1, 0.15) is 0 Å². The largest absolute Gasteiger partial charge is 0.401 e. The quantitative estimate of drug-likeness (QED) is 0.543. The molecular formula is C4H5F3N2. The number of halogens is 3. The van der Waals surface area contributed by atoms with Crippen molar-refractivity contribution >= 4 is 12.4 Å². The smallest absolute Gasteiger partial charge is 0.312 e. The van der Waals surface area contributed by atoms with E-state index in [1.165, 1.54) is 0 Å². The topological polar surface area (TPSA) is 47.7 Å². The molecule has 9 heavy (non-hydrogen) atoms. The van der Waals surface area contributed by atoms with Crippen LogP contribution in [0.15, 0.2) is 0 Å². The molecule has 0 atom stereocenters. The zero-order chi connectivity index (χ0) is 7.49. The lowest BCUT2D eigenvalue weighted by Crippen LogP contribution is -2.24. The average Bonchev–Trinajstić information content (AvgIpc) is 1.65. The molecule has 0 saturated carbocycles. The highest BCUT2D eigenvalue weighted by Crippen LogP contribution is 2.22. The molecule has 0 aromatic heterocycles. The van der Waals surface area contributed by atoms with Crippen LogP contribution in [0.4, 0.5) is 13.2 Å². The second-order valence-corrected chi connectivity index (χ2v) is 1.40. The van der Waals surface area contributed by atoms with E-state index >= 15 is 0 Å². The van der Waals surface area contributed by atoms with Gasteiger partial charge in [-0.05, 0) is 0 Å². The number of nitrogens with one attached hydrogen (secondary N) is 2. The minimum atomic E-state index is -4.47. The molecule has 5 heteroatoms. The highest BCUT2D eigenvalue weighted by molar-refractivity contribution is 5.81. The molecule has 0 fully saturated rings. The third-order valence-electron chi connectivity index (χ3n) is 0.737. The van der Waals surface area contributed by atoms with Crippen molar-refractivity contribution in [2.75, 3.05) is 0 Å². The van der Waals surface area contributed by atoms with Crippen LogP contribution in [-0.2, 0) is 0 Å². The highest BCUT2D eigenvalue weighted by Gasteiger charge is 2.36. The van der Waals surface area contributed by atoms with Gasteiger partial charge in [0.2, 0.25) is 0 Å². The molecule has 0 aliphatic heterocycles. The minimum Gasteiger partial charge on any atom is -0.312 e. The number of hydrogen-bond acceptors (Lipinski definition) is 2. The first-order chi connectivity index (χ1) is 4.02. The Bertz CT molecular complexity index is 109. The maximum Gasteiger partial charge on any atom is 0.401 e. The molecule has 0 saturated heterocycles. The SMILES string of the molecule is N=CC(C=N)C(F)(F)F. The number of rotatable bonds is 2. The predicted octanol–water partition coefficient (Wildman–Crippen LogP) is 1.46. The van der Waals surface area contributed by atoms with Gasteiger partial charge < -0.3 is 10.8 Å². The Hall–Kier alpha value is -0.870. The van der Waals surface area contributed by atoms with E-state index in [0.29, 0.717) is 0 Å². The summed E-state index contributed by atoms with van der Waals surface area (Å²) in [6, 6.07) is 0. The summed E-state index contributed by atoms with van der Waals surface area (Å²) < 4.78 is 34.3. The first-order valence-electron chi connectivity index (χ1n) is 2.10. The van der Waals surface area contributed by atoms with Crippen LogP contribution >= 0.6 is 0 Å². The monoisotopic (exact) mass is 138 g/mol. The Morgan fingerprint density at radius 2 is 1.44 bits per heavy atom. The van der Waals surface area contributed by atoms with Crippen molar-refractivity contribution in [3.8, 4) is 0 Å². The van der Waals surface area contributed by atoms with Gasteiger partial charge in [0.1, 0.15) is 5.92 Å². The zero-order valence-corrected chi connectivity index (χ0v) is 4.37. The van der Waals surface area contributed by atoms with Crippen molar-refractivity contribution in [3.05, 3.63) is 0 Å². The Kier molecular flexibility index (Phi) is 2.36. The molecule has 0 rings (SSSR count). The molecule has 2 nitrogen and oxygen atoms in total. The van der Waals surface area contributed by atoms with E-state index < -0.39 is 12.1 Å². The molecule has 0 amide bonds. The molecule has 0 radical (unpaired) electrons. The molecule has 0 aromatic carbocycles. The summed E-state index contributed by atoms with van der Waals surface area (Å²) in [6.45, 7) is 0. The standard InChI is InChI=1S/C4H5F3N2/c5-4(6,7)3(1-8)2-9/h1-3,8-9H. The Labute approximate surface area is 49.7 Å². The maximum atomic E-state index is 11.4. The van der Waals surface area contributed by atoms with E-state index in [1.807, 2.05) is 0 Å². The van der Waals surface area contributed by atoms with E-state index in [2.05, 4.69) is 0 Å². The van der Waals surface area contributed by atoms with Gasteiger partial charge in [-0.1, -0.05) is 0 Å². The van der Waals surface area contributed by atoms with Gasteiger partial charge in [-0.2, -0.15) is 13.2 Å². The summed E-state index contributed by atoms with van der Waals surface area (Å²) >= 11 is 0. The third-order valence-corrected chi connectivity index (χ3v) is 0.737. The summed E-state index contributed by atoms with van der Waals surface area (Å²) in [5, 5.41) is 12.4. The Morgan fingerprint density at radius 1 is 1.11 bits per heavy atom. The third kappa shape index (κ3) is 2.25. The fourth-order valence-electron chi connectivity index (χ4n) is 0.237. The van der Waals surface area contributed by atoms with Gasteiger partial charge in [0.25, 0.3) is 0 Å². The molecule has 0 bridgehead atoms. The molecular weight excluding hydrogens is 133 g/mol. The number of alkyl halides is 3. The lowest BCUT2D eigenvalue weighted by atomic mass is 10.2. The van der Waals surface area contributed by atoms with Crippen LogP contribution in [0.3, 0.4) is 0 Å². The molecule has 0 spiro atoms. The second kappa shape index (κ2) is 2.61. The van der Waals surface area contributed by atoms with E-state index in [1.54, 1.807) is 0 Å². The Balaban J connectivity index is 4.11. The van der Waals surface area contributed by atoms with E-state index in [9.17, 15) is 13.2 Å². The lowest BCUT2D eigenvalue weighted by Gasteiger charge is -2.08. The highest BCUT2D eigenvalue weighted by atomic mass is 19.4. The van der Waals surface area contributed by atoms with Crippen LogP contribution in [-0.4, -0.2) is 18.6 Å². The fraction of sp³-hybridized carbons (Fsp3) is 0.500. The average molecular weight is 138 g/mol. The van der Waals surface area contributed by atoms with Crippen LogP contribution in [0.25, 0.3) is 0 Å². The van der Waals surface area contributed by atoms with E-state index in [-0.39, 0.29) is 12.4 Å². The molecule has 0 heterocycles. The molecule has 0 unspecified atom stereocenters. The fourth-order valence-corrected chi connectivity index (χ4v) is 0.237. The minimum absolute atomic E-state index is 0.188. The first kappa shape index (κ1) is 8.13. The Morgan fingerprint density at radius 3 is 1.44 bits per heavy atom. The maximum absolute atomic E-state index is 11.4. The molecule has 2 N–H and O–H groups in total. The van der Waals surface area contributed by atoms with Crippen molar-refractivity contribution in [2.24, 2.45) is 5.92 Å². The van der Waals surface area contributed by atoms with Crippen LogP contribution < -0.4 is 0 Å². The van der Waals surface area contributed by atoms with Crippen LogP contribution in [0.5, 0.6) is 0 Å². The summed E-state index contributed by atoms with van der Waals surface area (Å²) in [5.74, 6) is -2.02. The molecule has 0 aliphatic rings. The van der Waals surface area contributed by atoms with Gasteiger partial charge in [-0.15, -0.1) is 0 Å². The first-order valence-corrected chi connectivity index (χ1v) is 2.10. The molecule has 52 valence electrons. The summed E-state index contributed by atoms with van der Waals surface area (Å²) in [4.78, 5) is 0. The summed E-state index contributed by atoms with van der Waals surface area (Å²) in [5.41, 5.74) is 0.